The summed E-state index contributed by atoms with van der Waals surface area (Å²) in [6, 6.07) is 0. The average Bonchev–Trinajstić information content (AvgIpc) is 2.41. The van der Waals surface area contributed by atoms with E-state index in [0.29, 0.717) is 0 Å². The second kappa shape index (κ2) is 9.99. The van der Waals surface area contributed by atoms with Gasteiger partial charge >= 0.3 is 0 Å². The Morgan fingerprint density at radius 1 is 0.722 bits per heavy atom. The highest BCUT2D eigenvalue weighted by Gasteiger charge is 2.33. The fraction of sp³-hybridized carbons (Fsp3) is 1.00. The molecule has 0 aliphatic rings. The summed E-state index contributed by atoms with van der Waals surface area (Å²) in [5.41, 5.74) is 0.926. The van der Waals surface area contributed by atoms with E-state index in [9.17, 15) is 0 Å². The number of nitrogens with zero attached hydrogens (tertiary/aromatic N) is 2. The molecule has 2 nitrogen and oxygen atoms in total. The van der Waals surface area contributed by atoms with Crippen molar-refractivity contribution in [3.05, 3.63) is 0 Å². The smallest absolute Gasteiger partial charge is 0.193 e. The SMILES string of the molecule is CCC(C)C(CC)[SiH](N(CC)CC)N(CC)CC. The third-order valence-corrected chi connectivity index (χ3v) is 9.45. The summed E-state index contributed by atoms with van der Waals surface area (Å²) in [7, 11) is -0.988. The quantitative estimate of drug-likeness (QED) is 0.559. The van der Waals surface area contributed by atoms with Crippen molar-refractivity contribution >= 4 is 9.12 Å². The van der Waals surface area contributed by atoms with Crippen molar-refractivity contribution in [2.45, 2.75) is 66.8 Å². The van der Waals surface area contributed by atoms with Crippen molar-refractivity contribution < 1.29 is 0 Å². The van der Waals surface area contributed by atoms with Crippen LogP contribution in [0.1, 0.15) is 61.3 Å². The molecule has 2 unspecified atom stereocenters. The largest absolute Gasteiger partial charge is 0.314 e. The van der Waals surface area contributed by atoms with Crippen LogP contribution in [-0.4, -0.2) is 44.4 Å². The molecule has 0 aromatic rings. The standard InChI is InChI=1S/C15H36N2Si/c1-8-14(7)15(9-2)18(16(10-3)11-4)17(12-5)13-6/h14-15,18H,8-13H2,1-7H3. The molecular weight excluding hydrogens is 236 g/mol. The topological polar surface area (TPSA) is 6.48 Å². The molecule has 0 aliphatic carbocycles. The van der Waals surface area contributed by atoms with Gasteiger partial charge in [0.25, 0.3) is 0 Å². The molecular formula is C15H36N2Si. The minimum absolute atomic E-state index is 0.868. The van der Waals surface area contributed by atoms with Crippen LogP contribution in [-0.2, 0) is 0 Å². The molecule has 0 saturated heterocycles. The Balaban J connectivity index is 5.13. The highest BCUT2D eigenvalue weighted by Crippen LogP contribution is 2.31. The van der Waals surface area contributed by atoms with Crippen LogP contribution < -0.4 is 0 Å². The molecule has 18 heavy (non-hydrogen) atoms. The summed E-state index contributed by atoms with van der Waals surface area (Å²) < 4.78 is 5.57. The lowest BCUT2D eigenvalue weighted by Gasteiger charge is -2.43. The van der Waals surface area contributed by atoms with Gasteiger partial charge in [-0.25, -0.2) is 0 Å². The molecule has 0 N–H and O–H groups in total. The Morgan fingerprint density at radius 2 is 1.11 bits per heavy atom. The predicted octanol–water partition coefficient (Wildman–Crippen LogP) is 3.72. The molecule has 0 fully saturated rings. The molecule has 0 saturated carbocycles. The molecule has 0 aromatic carbocycles. The van der Waals surface area contributed by atoms with E-state index in [1.165, 1.54) is 39.0 Å². The van der Waals surface area contributed by atoms with Crippen LogP contribution in [0.25, 0.3) is 0 Å². The van der Waals surface area contributed by atoms with Crippen LogP contribution in [0.2, 0.25) is 5.54 Å². The average molecular weight is 273 g/mol. The van der Waals surface area contributed by atoms with Crippen LogP contribution in [0.15, 0.2) is 0 Å². The lowest BCUT2D eigenvalue weighted by Crippen LogP contribution is -2.56. The zero-order valence-corrected chi connectivity index (χ0v) is 15.0. The monoisotopic (exact) mass is 272 g/mol. The van der Waals surface area contributed by atoms with E-state index < -0.39 is 9.12 Å². The maximum Gasteiger partial charge on any atom is 0.193 e. The molecule has 0 spiro atoms. The van der Waals surface area contributed by atoms with Gasteiger partial charge in [0.2, 0.25) is 0 Å². The van der Waals surface area contributed by atoms with E-state index in [1.807, 2.05) is 0 Å². The van der Waals surface area contributed by atoms with Gasteiger partial charge in [-0.1, -0.05) is 61.3 Å². The van der Waals surface area contributed by atoms with E-state index >= 15 is 0 Å². The van der Waals surface area contributed by atoms with Crippen molar-refractivity contribution in [2.75, 3.05) is 26.2 Å². The molecule has 110 valence electrons. The van der Waals surface area contributed by atoms with Gasteiger partial charge < -0.3 is 9.13 Å². The first-order chi connectivity index (χ1) is 8.60. The summed E-state index contributed by atoms with van der Waals surface area (Å²) in [4.78, 5) is 0. The van der Waals surface area contributed by atoms with Crippen LogP contribution in [0.5, 0.6) is 0 Å². The molecule has 0 aromatic heterocycles. The molecule has 0 radical (unpaired) electrons. The van der Waals surface area contributed by atoms with E-state index in [-0.39, 0.29) is 0 Å². The summed E-state index contributed by atoms with van der Waals surface area (Å²) >= 11 is 0. The van der Waals surface area contributed by atoms with Crippen molar-refractivity contribution in [1.82, 2.24) is 9.13 Å². The first-order valence-electron chi connectivity index (χ1n) is 8.08. The molecule has 0 bridgehead atoms. The van der Waals surface area contributed by atoms with Gasteiger partial charge in [-0.05, 0) is 37.6 Å². The predicted molar refractivity (Wildman–Crippen MR) is 86.5 cm³/mol. The number of hydrogen-bond acceptors (Lipinski definition) is 2. The minimum atomic E-state index is -0.988. The maximum absolute atomic E-state index is 2.79. The summed E-state index contributed by atoms with van der Waals surface area (Å²) in [6.07, 6.45) is 2.67. The normalized spacial score (nSPS) is 15.7. The van der Waals surface area contributed by atoms with Crippen molar-refractivity contribution in [3.63, 3.8) is 0 Å². The van der Waals surface area contributed by atoms with Crippen LogP contribution in [0.4, 0.5) is 0 Å². The molecule has 3 heteroatoms. The van der Waals surface area contributed by atoms with E-state index in [0.717, 1.165) is 11.5 Å². The first-order valence-corrected chi connectivity index (χ1v) is 9.78. The van der Waals surface area contributed by atoms with Crippen LogP contribution in [0, 0.1) is 5.92 Å². The Bertz CT molecular complexity index is 179. The van der Waals surface area contributed by atoms with Crippen LogP contribution >= 0.6 is 0 Å². The zero-order valence-electron chi connectivity index (χ0n) is 13.9. The first kappa shape index (κ1) is 18.1. The van der Waals surface area contributed by atoms with Crippen molar-refractivity contribution in [2.24, 2.45) is 5.92 Å². The minimum Gasteiger partial charge on any atom is -0.314 e. The van der Waals surface area contributed by atoms with Gasteiger partial charge in [0.05, 0.1) is 0 Å². The summed E-state index contributed by atoms with van der Waals surface area (Å²) in [5, 5.41) is 0. The lowest BCUT2D eigenvalue weighted by molar-refractivity contribution is 0.339. The second-order valence-corrected chi connectivity index (χ2v) is 8.46. The molecule has 0 heterocycles. The maximum atomic E-state index is 2.79. The van der Waals surface area contributed by atoms with Gasteiger partial charge in [0, 0.05) is 0 Å². The summed E-state index contributed by atoms with van der Waals surface area (Å²) in [5.74, 6) is 0.868. The lowest BCUT2D eigenvalue weighted by atomic mass is 10.0. The number of hydrogen-bond donors (Lipinski definition) is 0. The van der Waals surface area contributed by atoms with Crippen molar-refractivity contribution in [1.29, 1.82) is 0 Å². The highest BCUT2D eigenvalue weighted by atomic mass is 28.3. The number of rotatable bonds is 10. The summed E-state index contributed by atoms with van der Waals surface area (Å²) in [6.45, 7) is 21.4. The third-order valence-electron chi connectivity index (χ3n) is 4.60. The van der Waals surface area contributed by atoms with Crippen molar-refractivity contribution in [3.8, 4) is 0 Å². The van der Waals surface area contributed by atoms with Crippen LogP contribution in [0.3, 0.4) is 0 Å². The molecule has 2 atom stereocenters. The Kier molecular flexibility index (Phi) is 10.1. The van der Waals surface area contributed by atoms with Gasteiger partial charge in [-0.3, -0.25) is 0 Å². The Morgan fingerprint density at radius 3 is 1.33 bits per heavy atom. The second-order valence-electron chi connectivity index (χ2n) is 5.31. The third kappa shape index (κ3) is 4.67. The van der Waals surface area contributed by atoms with Gasteiger partial charge in [-0.15, -0.1) is 0 Å². The molecule has 0 amide bonds. The zero-order chi connectivity index (χ0) is 14.1. The molecule has 0 rings (SSSR count). The van der Waals surface area contributed by atoms with Gasteiger partial charge in [0.1, 0.15) is 0 Å². The Labute approximate surface area is 118 Å². The van der Waals surface area contributed by atoms with Gasteiger partial charge in [-0.2, -0.15) is 0 Å². The fourth-order valence-electron chi connectivity index (χ4n) is 3.18. The molecule has 0 aliphatic heterocycles. The highest BCUT2D eigenvalue weighted by molar-refractivity contribution is 6.54. The fourth-order valence-corrected chi connectivity index (χ4v) is 7.50. The van der Waals surface area contributed by atoms with E-state index in [4.69, 9.17) is 0 Å². The Hall–Kier alpha value is 0.137. The van der Waals surface area contributed by atoms with Gasteiger partial charge in [0.15, 0.2) is 9.12 Å². The van der Waals surface area contributed by atoms with E-state index in [1.54, 1.807) is 0 Å². The van der Waals surface area contributed by atoms with E-state index in [2.05, 4.69) is 57.6 Å².